The van der Waals surface area contributed by atoms with E-state index in [0.717, 1.165) is 11.3 Å². The summed E-state index contributed by atoms with van der Waals surface area (Å²) in [5, 5.41) is 15.2. The summed E-state index contributed by atoms with van der Waals surface area (Å²) in [5.74, 6) is -1.48. The molecule has 124 valence electrons. The van der Waals surface area contributed by atoms with Crippen LogP contribution in [-0.4, -0.2) is 39.2 Å². The lowest BCUT2D eigenvalue weighted by atomic mass is 10.0. The fourth-order valence-corrected chi connectivity index (χ4v) is 2.67. The van der Waals surface area contributed by atoms with E-state index in [4.69, 9.17) is 5.11 Å². The Labute approximate surface area is 137 Å². The molecule has 1 aromatic carbocycles. The molecule has 2 heterocycles. The summed E-state index contributed by atoms with van der Waals surface area (Å²) in [4.78, 5) is 36.4. The Hall–Kier alpha value is -3.16. The molecule has 0 bridgehead atoms. The van der Waals surface area contributed by atoms with Crippen LogP contribution in [-0.2, 0) is 27.3 Å². The highest BCUT2D eigenvalue weighted by molar-refractivity contribution is 6.04. The number of nitrogens with one attached hydrogen (secondary N) is 1. The van der Waals surface area contributed by atoms with Crippen molar-refractivity contribution in [3.05, 3.63) is 42.2 Å². The molecule has 1 aliphatic rings. The number of rotatable bonds is 5. The highest BCUT2D eigenvalue weighted by atomic mass is 16.4. The van der Waals surface area contributed by atoms with E-state index in [1.54, 1.807) is 0 Å². The van der Waals surface area contributed by atoms with Gasteiger partial charge in [0, 0.05) is 18.3 Å². The van der Waals surface area contributed by atoms with Crippen LogP contribution in [0.4, 0.5) is 11.4 Å². The number of carbonyl (C=O) groups excluding carboxylic acids is 2. The van der Waals surface area contributed by atoms with Gasteiger partial charge in [-0.2, -0.15) is 5.10 Å². The molecule has 3 rings (SSSR count). The first-order chi connectivity index (χ1) is 11.5. The molecular formula is C16H16N4O4. The van der Waals surface area contributed by atoms with E-state index in [1.807, 2.05) is 24.3 Å². The second-order valence-corrected chi connectivity index (χ2v) is 5.48. The van der Waals surface area contributed by atoms with Crippen molar-refractivity contribution in [3.63, 3.8) is 0 Å². The van der Waals surface area contributed by atoms with Crippen LogP contribution in [0.15, 0.2) is 36.7 Å². The van der Waals surface area contributed by atoms with Crippen LogP contribution in [0.2, 0.25) is 0 Å². The maximum atomic E-state index is 12.2. The van der Waals surface area contributed by atoms with Crippen molar-refractivity contribution in [2.45, 2.75) is 19.4 Å². The van der Waals surface area contributed by atoms with E-state index >= 15 is 0 Å². The molecule has 0 saturated heterocycles. The van der Waals surface area contributed by atoms with E-state index in [2.05, 4.69) is 10.4 Å². The Bertz CT molecular complexity index is 799. The molecular weight excluding hydrogens is 312 g/mol. The second kappa shape index (κ2) is 6.53. The summed E-state index contributed by atoms with van der Waals surface area (Å²) in [5.41, 5.74) is 2.18. The molecule has 0 fully saturated rings. The van der Waals surface area contributed by atoms with Crippen molar-refractivity contribution in [1.82, 2.24) is 9.78 Å². The Balaban J connectivity index is 1.67. The SMILES string of the molecule is O=C(O)Cn1cc(NC(=O)CN2C(=O)CCc3ccccc32)cn1. The van der Waals surface area contributed by atoms with Crippen molar-refractivity contribution in [2.24, 2.45) is 0 Å². The monoisotopic (exact) mass is 328 g/mol. The third-order valence-corrected chi connectivity index (χ3v) is 3.71. The molecule has 24 heavy (non-hydrogen) atoms. The summed E-state index contributed by atoms with van der Waals surface area (Å²) < 4.78 is 1.21. The zero-order valence-electron chi connectivity index (χ0n) is 12.8. The minimum atomic E-state index is -1.02. The lowest BCUT2D eigenvalue weighted by molar-refractivity contribution is -0.137. The summed E-state index contributed by atoms with van der Waals surface area (Å²) in [6.07, 6.45) is 3.85. The van der Waals surface area contributed by atoms with Crippen LogP contribution in [0.5, 0.6) is 0 Å². The Morgan fingerprint density at radius 2 is 2.00 bits per heavy atom. The average Bonchev–Trinajstić information content (AvgIpc) is 2.96. The number of fused-ring (bicyclic) bond motifs is 1. The van der Waals surface area contributed by atoms with Crippen molar-refractivity contribution < 1.29 is 19.5 Å². The van der Waals surface area contributed by atoms with E-state index in [-0.39, 0.29) is 24.9 Å². The van der Waals surface area contributed by atoms with Gasteiger partial charge in [0.05, 0.1) is 11.9 Å². The van der Waals surface area contributed by atoms with Gasteiger partial charge < -0.3 is 15.3 Å². The fraction of sp³-hybridized carbons (Fsp3) is 0.250. The number of anilines is 2. The van der Waals surface area contributed by atoms with Gasteiger partial charge in [-0.25, -0.2) is 0 Å². The molecule has 0 unspecified atom stereocenters. The molecule has 0 radical (unpaired) electrons. The maximum absolute atomic E-state index is 12.2. The third-order valence-electron chi connectivity index (χ3n) is 3.71. The van der Waals surface area contributed by atoms with Crippen molar-refractivity contribution in [2.75, 3.05) is 16.8 Å². The Morgan fingerprint density at radius 1 is 1.21 bits per heavy atom. The van der Waals surface area contributed by atoms with Crippen molar-refractivity contribution in [1.29, 1.82) is 0 Å². The Kier molecular flexibility index (Phi) is 4.28. The molecule has 0 saturated carbocycles. The number of amides is 2. The largest absolute Gasteiger partial charge is 0.480 e. The number of carbonyl (C=O) groups is 3. The molecule has 0 aliphatic carbocycles. The summed E-state index contributed by atoms with van der Waals surface area (Å²) in [6.45, 7) is -0.381. The minimum absolute atomic E-state index is 0.0922. The molecule has 8 heteroatoms. The van der Waals surface area contributed by atoms with Gasteiger partial charge in [-0.05, 0) is 18.1 Å². The Morgan fingerprint density at radius 3 is 2.79 bits per heavy atom. The van der Waals surface area contributed by atoms with Crippen LogP contribution < -0.4 is 10.2 Å². The minimum Gasteiger partial charge on any atom is -0.480 e. The number of aryl methyl sites for hydroxylation is 1. The van der Waals surface area contributed by atoms with Crippen LogP contribution in [0.1, 0.15) is 12.0 Å². The van der Waals surface area contributed by atoms with Gasteiger partial charge >= 0.3 is 5.97 Å². The van der Waals surface area contributed by atoms with Crippen LogP contribution in [0, 0.1) is 0 Å². The molecule has 1 aromatic heterocycles. The number of aromatic nitrogens is 2. The van der Waals surface area contributed by atoms with Gasteiger partial charge in [0.25, 0.3) is 0 Å². The zero-order chi connectivity index (χ0) is 17.1. The zero-order valence-corrected chi connectivity index (χ0v) is 12.8. The predicted octanol–water partition coefficient (Wildman–Crippen LogP) is 0.886. The molecule has 2 aromatic rings. The van der Waals surface area contributed by atoms with Crippen LogP contribution >= 0.6 is 0 Å². The van der Waals surface area contributed by atoms with Crippen molar-refractivity contribution in [3.8, 4) is 0 Å². The molecule has 1 aliphatic heterocycles. The topological polar surface area (TPSA) is 105 Å². The lowest BCUT2D eigenvalue weighted by Gasteiger charge is -2.28. The molecule has 8 nitrogen and oxygen atoms in total. The maximum Gasteiger partial charge on any atom is 0.325 e. The van der Waals surface area contributed by atoms with E-state index in [1.165, 1.54) is 22.0 Å². The predicted molar refractivity (Wildman–Crippen MR) is 85.6 cm³/mol. The molecule has 2 amide bonds. The number of carboxylic acids is 1. The average molecular weight is 328 g/mol. The van der Waals surface area contributed by atoms with Gasteiger partial charge in [0.2, 0.25) is 11.8 Å². The van der Waals surface area contributed by atoms with E-state index in [9.17, 15) is 14.4 Å². The summed E-state index contributed by atoms with van der Waals surface area (Å²) >= 11 is 0. The van der Waals surface area contributed by atoms with Crippen molar-refractivity contribution >= 4 is 29.2 Å². The number of hydrogen-bond donors (Lipinski definition) is 2. The molecule has 2 N–H and O–H groups in total. The van der Waals surface area contributed by atoms with Gasteiger partial charge in [-0.3, -0.25) is 19.1 Å². The van der Waals surface area contributed by atoms with E-state index in [0.29, 0.717) is 18.5 Å². The first kappa shape index (κ1) is 15.7. The van der Waals surface area contributed by atoms with E-state index < -0.39 is 5.97 Å². The number of aliphatic carboxylic acids is 1. The number of hydrogen-bond acceptors (Lipinski definition) is 4. The smallest absolute Gasteiger partial charge is 0.325 e. The van der Waals surface area contributed by atoms with Crippen LogP contribution in [0.3, 0.4) is 0 Å². The highest BCUT2D eigenvalue weighted by Crippen LogP contribution is 2.27. The van der Waals surface area contributed by atoms with Gasteiger partial charge in [-0.15, -0.1) is 0 Å². The van der Waals surface area contributed by atoms with Gasteiger partial charge in [0.1, 0.15) is 13.1 Å². The second-order valence-electron chi connectivity index (χ2n) is 5.48. The lowest BCUT2D eigenvalue weighted by Crippen LogP contribution is -2.40. The first-order valence-electron chi connectivity index (χ1n) is 7.45. The summed E-state index contributed by atoms with van der Waals surface area (Å²) in [6, 6.07) is 7.51. The highest BCUT2D eigenvalue weighted by Gasteiger charge is 2.25. The first-order valence-corrected chi connectivity index (χ1v) is 7.45. The summed E-state index contributed by atoms with van der Waals surface area (Å²) in [7, 11) is 0. The van der Waals surface area contributed by atoms with Crippen LogP contribution in [0.25, 0.3) is 0 Å². The quantitative estimate of drug-likeness (QED) is 0.848. The molecule has 0 atom stereocenters. The normalized spacial score (nSPS) is 13.5. The standard InChI is InChI=1S/C16H16N4O4/c21-14(18-12-7-17-19(8-12)10-16(23)24)9-20-13-4-2-1-3-11(13)5-6-15(20)22/h1-4,7-8H,5-6,9-10H2,(H,18,21)(H,23,24). The number of carboxylic acid groups (broad SMARTS) is 1. The molecule has 0 spiro atoms. The fourth-order valence-electron chi connectivity index (χ4n) is 2.67. The number of nitrogens with zero attached hydrogens (tertiary/aromatic N) is 3. The van der Waals surface area contributed by atoms with Gasteiger partial charge in [0.15, 0.2) is 0 Å². The third kappa shape index (κ3) is 3.43. The van der Waals surface area contributed by atoms with Gasteiger partial charge in [-0.1, -0.05) is 18.2 Å². The number of para-hydroxylation sites is 1. The number of benzene rings is 1.